The second-order valence-corrected chi connectivity index (χ2v) is 3.99. The molecule has 0 rings (SSSR count). The number of nitrogens with zero attached hydrogens (tertiary/aromatic N) is 2. The van der Waals surface area contributed by atoms with Crippen LogP contribution in [0.5, 0.6) is 0 Å². The molecule has 7 heteroatoms. The maximum absolute atomic E-state index is 11.8. The van der Waals surface area contributed by atoms with Gasteiger partial charge < -0.3 is 20.3 Å². The van der Waals surface area contributed by atoms with Crippen LogP contribution in [0, 0.1) is 0 Å². The first kappa shape index (κ1) is 17.4. The summed E-state index contributed by atoms with van der Waals surface area (Å²) in [5, 5.41) is 0. The molecule has 0 radical (unpaired) electrons. The average Bonchev–Trinajstić information content (AvgIpc) is 2.38. The van der Waals surface area contributed by atoms with E-state index in [1.165, 1.54) is 7.05 Å². The van der Waals surface area contributed by atoms with Gasteiger partial charge in [0.25, 0.3) is 5.91 Å². The van der Waals surface area contributed by atoms with E-state index in [1.807, 2.05) is 13.8 Å². The molecule has 110 valence electrons. The summed E-state index contributed by atoms with van der Waals surface area (Å²) in [7, 11) is 1.43. The molecule has 0 saturated carbocycles. The Morgan fingerprint density at radius 1 is 1.16 bits per heavy atom. The number of carbonyl (C=O) groups is 3. The maximum Gasteiger partial charge on any atom is 0.332 e. The van der Waals surface area contributed by atoms with Crippen molar-refractivity contribution in [2.75, 3.05) is 33.3 Å². The topological polar surface area (TPSA) is 92.9 Å². The third-order valence-corrected chi connectivity index (χ3v) is 2.67. The van der Waals surface area contributed by atoms with Gasteiger partial charge in [-0.1, -0.05) is 0 Å². The normalized spacial score (nSPS) is 11.6. The highest BCUT2D eigenvalue weighted by atomic mass is 16.5. The summed E-state index contributed by atoms with van der Waals surface area (Å²) < 4.78 is 4.66. The second-order valence-electron chi connectivity index (χ2n) is 3.99. The first-order chi connectivity index (χ1) is 8.88. The van der Waals surface area contributed by atoms with Crippen LogP contribution in [0.3, 0.4) is 0 Å². The van der Waals surface area contributed by atoms with Crippen molar-refractivity contribution in [2.24, 2.45) is 5.73 Å². The van der Waals surface area contributed by atoms with Crippen molar-refractivity contribution < 1.29 is 19.1 Å². The van der Waals surface area contributed by atoms with Crippen molar-refractivity contribution in [3.63, 3.8) is 0 Å². The fourth-order valence-electron chi connectivity index (χ4n) is 1.53. The molecule has 0 aliphatic carbocycles. The molecule has 1 atom stereocenters. The molecule has 19 heavy (non-hydrogen) atoms. The fourth-order valence-corrected chi connectivity index (χ4v) is 1.53. The summed E-state index contributed by atoms with van der Waals surface area (Å²) in [4.78, 5) is 37.7. The van der Waals surface area contributed by atoms with Crippen LogP contribution in [-0.2, 0) is 19.1 Å². The lowest BCUT2D eigenvalue weighted by Crippen LogP contribution is -2.50. The van der Waals surface area contributed by atoms with Crippen molar-refractivity contribution in [1.82, 2.24) is 9.80 Å². The van der Waals surface area contributed by atoms with Gasteiger partial charge in [0, 0.05) is 20.1 Å². The van der Waals surface area contributed by atoms with E-state index in [0.29, 0.717) is 13.1 Å². The summed E-state index contributed by atoms with van der Waals surface area (Å²) in [6.45, 7) is 6.53. The minimum Gasteiger partial charge on any atom is -0.464 e. The number of amides is 2. The van der Waals surface area contributed by atoms with Gasteiger partial charge in [0.1, 0.15) is 0 Å². The lowest BCUT2D eigenvalue weighted by Gasteiger charge is -2.24. The van der Waals surface area contributed by atoms with Crippen LogP contribution in [0.2, 0.25) is 0 Å². The zero-order valence-corrected chi connectivity index (χ0v) is 12.0. The van der Waals surface area contributed by atoms with Gasteiger partial charge in [-0.3, -0.25) is 9.59 Å². The molecule has 0 heterocycles. The van der Waals surface area contributed by atoms with Crippen LogP contribution in [0.25, 0.3) is 0 Å². The van der Waals surface area contributed by atoms with Gasteiger partial charge in [0.2, 0.25) is 5.91 Å². The molecule has 0 aromatic rings. The summed E-state index contributed by atoms with van der Waals surface area (Å²) in [6.07, 6.45) is 0. The summed E-state index contributed by atoms with van der Waals surface area (Å²) in [5.74, 6) is -1.59. The number of likely N-dealkylation sites (N-methyl/N-ethyl adjacent to an activating group) is 2. The lowest BCUT2D eigenvalue weighted by molar-refractivity contribution is -0.152. The minimum atomic E-state index is -1.38. The van der Waals surface area contributed by atoms with E-state index in [1.54, 1.807) is 11.8 Å². The largest absolute Gasteiger partial charge is 0.464 e. The first-order valence-electron chi connectivity index (χ1n) is 6.33. The molecular formula is C12H23N3O4. The van der Waals surface area contributed by atoms with Crippen LogP contribution in [0.1, 0.15) is 20.8 Å². The SMILES string of the molecule is CCOC(=O)C(N)C(=O)N(C)CC(=O)N(CC)CC. The van der Waals surface area contributed by atoms with Crippen molar-refractivity contribution in [3.8, 4) is 0 Å². The molecule has 1 unspecified atom stereocenters. The Kier molecular flexibility index (Phi) is 7.74. The van der Waals surface area contributed by atoms with Gasteiger partial charge in [-0.15, -0.1) is 0 Å². The highest BCUT2D eigenvalue weighted by Gasteiger charge is 2.28. The minimum absolute atomic E-state index is 0.104. The molecular weight excluding hydrogens is 250 g/mol. The van der Waals surface area contributed by atoms with Gasteiger partial charge in [-0.25, -0.2) is 4.79 Å². The maximum atomic E-state index is 11.8. The Balaban J connectivity index is 4.49. The molecule has 0 bridgehead atoms. The first-order valence-corrected chi connectivity index (χ1v) is 6.33. The Hall–Kier alpha value is -1.63. The highest BCUT2D eigenvalue weighted by Crippen LogP contribution is 1.97. The smallest absolute Gasteiger partial charge is 0.332 e. The van der Waals surface area contributed by atoms with E-state index in [-0.39, 0.29) is 19.1 Å². The fraction of sp³-hybridized carbons (Fsp3) is 0.750. The summed E-state index contributed by atoms with van der Waals surface area (Å²) >= 11 is 0. The van der Waals surface area contributed by atoms with E-state index in [0.717, 1.165) is 4.90 Å². The van der Waals surface area contributed by atoms with E-state index >= 15 is 0 Å². The molecule has 0 aliphatic rings. The van der Waals surface area contributed by atoms with E-state index in [9.17, 15) is 14.4 Å². The molecule has 0 fully saturated rings. The third kappa shape index (κ3) is 5.25. The van der Waals surface area contributed by atoms with E-state index in [2.05, 4.69) is 4.74 Å². The second kappa shape index (κ2) is 8.47. The Bertz CT molecular complexity index is 329. The summed E-state index contributed by atoms with van der Waals surface area (Å²) in [6, 6.07) is -1.38. The molecule has 0 aromatic heterocycles. The molecule has 2 amide bonds. The zero-order valence-electron chi connectivity index (χ0n) is 12.0. The standard InChI is InChI=1S/C12H23N3O4/c1-5-15(6-2)9(16)8-14(4)11(17)10(13)12(18)19-7-3/h10H,5-8,13H2,1-4H3. The van der Waals surface area contributed by atoms with Crippen LogP contribution < -0.4 is 5.73 Å². The Labute approximate surface area is 113 Å². The molecule has 7 nitrogen and oxygen atoms in total. The summed E-state index contributed by atoms with van der Waals surface area (Å²) in [5.41, 5.74) is 5.47. The number of esters is 1. The number of rotatable bonds is 7. The number of nitrogens with two attached hydrogens (primary N) is 1. The predicted molar refractivity (Wildman–Crippen MR) is 70.2 cm³/mol. The number of hydrogen-bond acceptors (Lipinski definition) is 5. The zero-order chi connectivity index (χ0) is 15.0. The molecule has 0 aromatic carbocycles. The van der Waals surface area contributed by atoms with Gasteiger partial charge in [0.15, 0.2) is 6.04 Å². The van der Waals surface area contributed by atoms with Gasteiger partial charge in [-0.2, -0.15) is 0 Å². The van der Waals surface area contributed by atoms with Crippen LogP contribution >= 0.6 is 0 Å². The number of ether oxygens (including phenoxy) is 1. The van der Waals surface area contributed by atoms with Gasteiger partial charge in [-0.05, 0) is 20.8 Å². The van der Waals surface area contributed by atoms with Crippen molar-refractivity contribution in [2.45, 2.75) is 26.8 Å². The monoisotopic (exact) mass is 273 g/mol. The van der Waals surface area contributed by atoms with Crippen molar-refractivity contribution in [1.29, 1.82) is 0 Å². The van der Waals surface area contributed by atoms with Crippen molar-refractivity contribution >= 4 is 17.8 Å². The average molecular weight is 273 g/mol. The van der Waals surface area contributed by atoms with E-state index < -0.39 is 17.9 Å². The quantitative estimate of drug-likeness (QED) is 0.484. The van der Waals surface area contributed by atoms with E-state index in [4.69, 9.17) is 5.73 Å². The molecule has 0 aliphatic heterocycles. The van der Waals surface area contributed by atoms with Crippen LogP contribution in [-0.4, -0.2) is 66.9 Å². The lowest BCUT2D eigenvalue weighted by atomic mass is 10.2. The highest BCUT2D eigenvalue weighted by molar-refractivity contribution is 6.02. The van der Waals surface area contributed by atoms with Gasteiger partial charge >= 0.3 is 5.97 Å². The number of hydrogen-bond donors (Lipinski definition) is 1. The van der Waals surface area contributed by atoms with Crippen LogP contribution in [0.15, 0.2) is 0 Å². The predicted octanol–water partition coefficient (Wildman–Crippen LogP) is -0.796. The van der Waals surface area contributed by atoms with Crippen molar-refractivity contribution in [3.05, 3.63) is 0 Å². The molecule has 0 spiro atoms. The molecule has 2 N–H and O–H groups in total. The van der Waals surface area contributed by atoms with Crippen LogP contribution in [0.4, 0.5) is 0 Å². The molecule has 0 saturated heterocycles. The third-order valence-electron chi connectivity index (χ3n) is 2.67. The Morgan fingerprint density at radius 2 is 1.68 bits per heavy atom. The van der Waals surface area contributed by atoms with Gasteiger partial charge in [0.05, 0.1) is 13.2 Å². The Morgan fingerprint density at radius 3 is 2.11 bits per heavy atom. The number of carbonyl (C=O) groups excluding carboxylic acids is 3.